The summed E-state index contributed by atoms with van der Waals surface area (Å²) in [6.07, 6.45) is -5.07. The molecule has 0 fully saturated rings. The van der Waals surface area contributed by atoms with Gasteiger partial charge in [-0.1, -0.05) is 11.6 Å². The minimum Gasteiger partial charge on any atom is -0.375 e. The molecule has 0 aliphatic carbocycles. The monoisotopic (exact) mass is 311 g/mol. The number of nitrogens with one attached hydrogen (secondary N) is 2. The summed E-state index contributed by atoms with van der Waals surface area (Å²) in [7, 11) is 0. The minimum absolute atomic E-state index is 0.109. The first-order valence-corrected chi connectivity index (χ1v) is 5.68. The maximum absolute atomic E-state index is 12.7. The third-order valence-electron chi connectivity index (χ3n) is 2.05. The molecule has 0 bridgehead atoms. The van der Waals surface area contributed by atoms with Gasteiger partial charge in [0.1, 0.15) is 0 Å². The molecular formula is C10H9ClF3N3OS. The second kappa shape index (κ2) is 6.07. The number of hydrogen-bond donors (Lipinski definition) is 3. The van der Waals surface area contributed by atoms with E-state index in [1.807, 2.05) is 0 Å². The number of rotatable bonds is 2. The van der Waals surface area contributed by atoms with Gasteiger partial charge >= 0.3 is 6.18 Å². The number of amides is 1. The van der Waals surface area contributed by atoms with E-state index in [1.54, 1.807) is 0 Å². The van der Waals surface area contributed by atoms with Gasteiger partial charge in [0, 0.05) is 5.02 Å². The Morgan fingerprint density at radius 3 is 2.53 bits per heavy atom. The number of alkyl halides is 3. The molecule has 4 N–H and O–H groups in total. The second-order valence-corrected chi connectivity index (χ2v) is 4.39. The quantitative estimate of drug-likeness (QED) is 0.575. The number of hydrazine groups is 1. The van der Waals surface area contributed by atoms with Gasteiger partial charge in [0.05, 0.1) is 12.0 Å². The Bertz CT molecular complexity index is 507. The zero-order chi connectivity index (χ0) is 14.6. The Morgan fingerprint density at radius 1 is 1.37 bits per heavy atom. The number of halogens is 4. The molecule has 0 spiro atoms. The lowest BCUT2D eigenvalue weighted by Gasteiger charge is -2.13. The third kappa shape index (κ3) is 4.92. The molecule has 1 aromatic carbocycles. The molecule has 104 valence electrons. The van der Waals surface area contributed by atoms with Crippen LogP contribution in [0, 0.1) is 0 Å². The largest absolute Gasteiger partial charge is 0.416 e. The van der Waals surface area contributed by atoms with Gasteiger partial charge in [-0.25, -0.2) is 0 Å². The van der Waals surface area contributed by atoms with Crippen LogP contribution in [0.2, 0.25) is 5.02 Å². The van der Waals surface area contributed by atoms with Crippen LogP contribution in [0.25, 0.3) is 0 Å². The molecule has 0 atom stereocenters. The van der Waals surface area contributed by atoms with Crippen LogP contribution in [0.4, 0.5) is 13.2 Å². The van der Waals surface area contributed by atoms with Gasteiger partial charge in [0.2, 0.25) is 5.91 Å². The molecule has 19 heavy (non-hydrogen) atoms. The van der Waals surface area contributed by atoms with Crippen molar-refractivity contribution in [3.63, 3.8) is 0 Å². The van der Waals surface area contributed by atoms with Crippen molar-refractivity contribution in [2.75, 3.05) is 0 Å². The fourth-order valence-electron chi connectivity index (χ4n) is 1.33. The summed E-state index contributed by atoms with van der Waals surface area (Å²) in [5.41, 5.74) is 8.11. The summed E-state index contributed by atoms with van der Waals surface area (Å²) in [6, 6.07) is 3.02. The highest BCUT2D eigenvalue weighted by Crippen LogP contribution is 2.33. The number of carbonyl (C=O) groups is 1. The molecule has 0 heterocycles. The Hall–Kier alpha value is -1.54. The van der Waals surface area contributed by atoms with Gasteiger partial charge < -0.3 is 5.73 Å². The number of nitrogens with two attached hydrogens (primary N) is 1. The van der Waals surface area contributed by atoms with Gasteiger partial charge in [-0.2, -0.15) is 13.2 Å². The first kappa shape index (κ1) is 15.5. The summed E-state index contributed by atoms with van der Waals surface area (Å²) < 4.78 is 38.1. The van der Waals surface area contributed by atoms with Crippen LogP contribution >= 0.6 is 23.8 Å². The lowest BCUT2D eigenvalue weighted by atomic mass is 10.0. The van der Waals surface area contributed by atoms with Crippen molar-refractivity contribution in [2.45, 2.75) is 12.6 Å². The summed E-state index contributed by atoms with van der Waals surface area (Å²) in [4.78, 5) is 11.4. The molecule has 0 saturated carbocycles. The number of thiocarbonyl (C=S) groups is 1. The summed E-state index contributed by atoms with van der Waals surface area (Å²) in [5, 5.41) is -0.0893. The molecular weight excluding hydrogens is 303 g/mol. The van der Waals surface area contributed by atoms with Crippen molar-refractivity contribution in [2.24, 2.45) is 5.73 Å². The molecule has 0 aromatic heterocycles. The van der Waals surface area contributed by atoms with Crippen molar-refractivity contribution < 1.29 is 18.0 Å². The average Bonchev–Trinajstić information content (AvgIpc) is 2.24. The number of carbonyl (C=O) groups excluding carboxylic acids is 1. The normalized spacial score (nSPS) is 10.9. The van der Waals surface area contributed by atoms with Crippen molar-refractivity contribution in [3.05, 3.63) is 34.3 Å². The van der Waals surface area contributed by atoms with Crippen molar-refractivity contribution in [3.8, 4) is 0 Å². The Balaban J connectivity index is 2.90. The first-order chi connectivity index (χ1) is 8.70. The molecule has 4 nitrogen and oxygen atoms in total. The van der Waals surface area contributed by atoms with E-state index in [9.17, 15) is 18.0 Å². The lowest BCUT2D eigenvalue weighted by molar-refractivity contribution is -0.138. The van der Waals surface area contributed by atoms with Crippen molar-refractivity contribution in [1.29, 1.82) is 0 Å². The fraction of sp³-hybridized carbons (Fsp3) is 0.200. The number of hydrogen-bond acceptors (Lipinski definition) is 2. The molecule has 0 saturated heterocycles. The first-order valence-electron chi connectivity index (χ1n) is 4.90. The van der Waals surface area contributed by atoms with Crippen molar-refractivity contribution in [1.82, 2.24) is 10.9 Å². The van der Waals surface area contributed by atoms with Gasteiger partial charge in [0.15, 0.2) is 5.11 Å². The van der Waals surface area contributed by atoms with Crippen LogP contribution < -0.4 is 16.6 Å². The Kier molecular flexibility index (Phi) is 4.96. The topological polar surface area (TPSA) is 67.2 Å². The van der Waals surface area contributed by atoms with Gasteiger partial charge in [-0.15, -0.1) is 0 Å². The second-order valence-electron chi connectivity index (χ2n) is 3.51. The van der Waals surface area contributed by atoms with E-state index < -0.39 is 24.1 Å². The molecule has 1 aromatic rings. The van der Waals surface area contributed by atoms with E-state index in [2.05, 4.69) is 23.1 Å². The predicted octanol–water partition coefficient (Wildman–Crippen LogP) is 1.77. The lowest BCUT2D eigenvalue weighted by Crippen LogP contribution is -2.45. The van der Waals surface area contributed by atoms with Crippen LogP contribution in [0.5, 0.6) is 0 Å². The number of benzene rings is 1. The van der Waals surface area contributed by atoms with E-state index in [0.717, 1.165) is 18.2 Å². The van der Waals surface area contributed by atoms with Gasteiger partial charge in [-0.3, -0.25) is 15.6 Å². The van der Waals surface area contributed by atoms with E-state index in [-0.39, 0.29) is 15.7 Å². The average molecular weight is 312 g/mol. The van der Waals surface area contributed by atoms with E-state index in [1.165, 1.54) is 0 Å². The van der Waals surface area contributed by atoms with Crippen LogP contribution in [-0.2, 0) is 17.4 Å². The van der Waals surface area contributed by atoms with Gasteiger partial charge in [-0.05, 0) is 36.0 Å². The minimum atomic E-state index is -4.56. The molecule has 0 unspecified atom stereocenters. The smallest absolute Gasteiger partial charge is 0.375 e. The highest BCUT2D eigenvalue weighted by molar-refractivity contribution is 7.80. The molecule has 1 amide bonds. The zero-order valence-electron chi connectivity index (χ0n) is 9.34. The summed E-state index contributed by atoms with van der Waals surface area (Å²) in [5.74, 6) is -0.722. The Labute approximate surface area is 117 Å². The Morgan fingerprint density at radius 2 is 2.00 bits per heavy atom. The molecule has 0 aliphatic rings. The van der Waals surface area contributed by atoms with Crippen LogP contribution in [0.15, 0.2) is 18.2 Å². The maximum atomic E-state index is 12.7. The predicted molar refractivity (Wildman–Crippen MR) is 68.2 cm³/mol. The molecule has 0 radical (unpaired) electrons. The highest BCUT2D eigenvalue weighted by Gasteiger charge is 2.33. The molecule has 1 rings (SSSR count). The maximum Gasteiger partial charge on any atom is 0.416 e. The fourth-order valence-corrected chi connectivity index (χ4v) is 1.58. The zero-order valence-corrected chi connectivity index (χ0v) is 10.9. The summed E-state index contributed by atoms with van der Waals surface area (Å²) >= 11 is 10.1. The SMILES string of the molecule is NC(=S)NNC(=O)Cc1cc(Cl)ccc1C(F)(F)F. The molecule has 0 aliphatic heterocycles. The highest BCUT2D eigenvalue weighted by atomic mass is 35.5. The van der Waals surface area contributed by atoms with Gasteiger partial charge in [0.25, 0.3) is 0 Å². The van der Waals surface area contributed by atoms with E-state index in [0.29, 0.717) is 0 Å². The standard InChI is InChI=1S/C10H9ClF3N3OS/c11-6-1-2-7(10(12,13)14)5(3-6)4-8(18)16-17-9(15)19/h1-3H,4H2,(H,16,18)(H3,15,17,19). The van der Waals surface area contributed by atoms with Crippen LogP contribution in [0.1, 0.15) is 11.1 Å². The van der Waals surface area contributed by atoms with Crippen LogP contribution in [-0.4, -0.2) is 11.0 Å². The van der Waals surface area contributed by atoms with Crippen LogP contribution in [0.3, 0.4) is 0 Å². The van der Waals surface area contributed by atoms with E-state index in [4.69, 9.17) is 17.3 Å². The van der Waals surface area contributed by atoms with Crippen molar-refractivity contribution >= 4 is 34.8 Å². The molecule has 9 heteroatoms. The summed E-state index contributed by atoms with van der Waals surface area (Å²) in [6.45, 7) is 0. The third-order valence-corrected chi connectivity index (χ3v) is 2.39. The van der Waals surface area contributed by atoms with E-state index >= 15 is 0 Å².